The van der Waals surface area contributed by atoms with E-state index in [1.807, 2.05) is 0 Å². The highest BCUT2D eigenvalue weighted by molar-refractivity contribution is 5.68. The standard InChI is InChI=1S/C38H32F10O/c1-2-3-4-5-21-6-8-22(9-7-21)23-10-12-27(30(39)14-23)25-17-34(43)37(35(44)18-25)38(47,48)49-26-11-13-28(33(42)19-26)24-15-31(40)29(20-36(45)46)32(41)16-24/h10-22H,2-9H2,1H3. The molecule has 5 rings (SSSR count). The maximum atomic E-state index is 15.2. The molecule has 1 saturated carbocycles. The van der Waals surface area contributed by atoms with E-state index in [1.54, 1.807) is 6.07 Å². The first-order chi connectivity index (χ1) is 23.3. The molecule has 1 aliphatic carbocycles. The Morgan fingerprint density at radius 1 is 0.694 bits per heavy atom. The number of alkyl halides is 2. The normalized spacial score (nSPS) is 16.5. The van der Waals surface area contributed by atoms with Crippen molar-refractivity contribution in [2.75, 3.05) is 0 Å². The van der Waals surface area contributed by atoms with Crippen LogP contribution in [-0.4, -0.2) is 0 Å². The third-order valence-corrected chi connectivity index (χ3v) is 9.00. The molecule has 49 heavy (non-hydrogen) atoms. The summed E-state index contributed by atoms with van der Waals surface area (Å²) in [6.07, 6.45) is 1.53. The molecule has 0 unspecified atom stereocenters. The average molecular weight is 695 g/mol. The number of ether oxygens (including phenoxy) is 1. The topological polar surface area (TPSA) is 9.23 Å². The first-order valence-electron chi connectivity index (χ1n) is 15.9. The molecule has 1 nitrogen and oxygen atoms in total. The van der Waals surface area contributed by atoms with Crippen molar-refractivity contribution in [3.8, 4) is 28.0 Å². The molecule has 0 aromatic heterocycles. The molecule has 0 saturated heterocycles. The lowest BCUT2D eigenvalue weighted by Crippen LogP contribution is -2.25. The first-order valence-corrected chi connectivity index (χ1v) is 15.9. The molecule has 4 aromatic rings. The Kier molecular flexibility index (Phi) is 11.1. The summed E-state index contributed by atoms with van der Waals surface area (Å²) in [7, 11) is 0. The molecular weight excluding hydrogens is 662 g/mol. The molecule has 1 fully saturated rings. The van der Waals surface area contributed by atoms with Gasteiger partial charge in [0.1, 0.15) is 46.2 Å². The van der Waals surface area contributed by atoms with Gasteiger partial charge in [0.15, 0.2) is 0 Å². The van der Waals surface area contributed by atoms with Gasteiger partial charge in [0, 0.05) is 23.3 Å². The van der Waals surface area contributed by atoms with Crippen molar-refractivity contribution in [3.63, 3.8) is 0 Å². The minimum absolute atomic E-state index is 0.0532. The Bertz CT molecular complexity index is 1790. The van der Waals surface area contributed by atoms with Crippen LogP contribution in [0, 0.1) is 40.8 Å². The SMILES string of the molecule is CCCCCC1CCC(c2ccc(-c3cc(F)c(C(F)(F)Oc4ccc(-c5cc(F)c(C=C(F)F)c(F)c5)c(F)c4)c(F)c3)c(F)c2)CC1. The van der Waals surface area contributed by atoms with Gasteiger partial charge in [-0.25, -0.2) is 26.3 Å². The number of halogens is 10. The van der Waals surface area contributed by atoms with Gasteiger partial charge in [-0.05, 0) is 96.7 Å². The predicted octanol–water partition coefficient (Wildman–Crippen LogP) is 13.1. The summed E-state index contributed by atoms with van der Waals surface area (Å²) in [5.41, 5.74) is -3.56. The van der Waals surface area contributed by atoms with Crippen LogP contribution in [0.3, 0.4) is 0 Å². The number of benzene rings is 4. The molecule has 0 bridgehead atoms. The van der Waals surface area contributed by atoms with Gasteiger partial charge >= 0.3 is 6.11 Å². The van der Waals surface area contributed by atoms with Gasteiger partial charge in [0.25, 0.3) is 6.08 Å². The van der Waals surface area contributed by atoms with Crippen LogP contribution >= 0.6 is 0 Å². The minimum Gasteiger partial charge on any atom is -0.429 e. The van der Waals surface area contributed by atoms with Gasteiger partial charge in [-0.1, -0.05) is 44.7 Å². The maximum absolute atomic E-state index is 15.2. The van der Waals surface area contributed by atoms with Crippen molar-refractivity contribution < 1.29 is 48.6 Å². The Morgan fingerprint density at radius 3 is 1.78 bits per heavy atom. The van der Waals surface area contributed by atoms with Gasteiger partial charge in [0.2, 0.25) is 0 Å². The van der Waals surface area contributed by atoms with Crippen molar-refractivity contribution in [2.24, 2.45) is 5.92 Å². The Labute approximate surface area is 277 Å². The van der Waals surface area contributed by atoms with Crippen molar-refractivity contribution in [1.29, 1.82) is 0 Å². The fraction of sp³-hybridized carbons (Fsp3) is 0.316. The monoisotopic (exact) mass is 694 g/mol. The number of rotatable bonds is 11. The van der Waals surface area contributed by atoms with E-state index in [2.05, 4.69) is 11.7 Å². The highest BCUT2D eigenvalue weighted by Crippen LogP contribution is 2.41. The van der Waals surface area contributed by atoms with Crippen molar-refractivity contribution in [2.45, 2.75) is 70.3 Å². The summed E-state index contributed by atoms with van der Waals surface area (Å²) in [5.74, 6) is -8.53. The van der Waals surface area contributed by atoms with E-state index in [1.165, 1.54) is 31.4 Å². The van der Waals surface area contributed by atoms with E-state index in [9.17, 15) is 22.0 Å². The highest BCUT2D eigenvalue weighted by Gasteiger charge is 2.41. The van der Waals surface area contributed by atoms with E-state index in [4.69, 9.17) is 0 Å². The van der Waals surface area contributed by atoms with Gasteiger partial charge in [0.05, 0.1) is 5.56 Å². The van der Waals surface area contributed by atoms with Crippen LogP contribution in [0.15, 0.2) is 66.7 Å². The lowest BCUT2D eigenvalue weighted by atomic mass is 9.77. The van der Waals surface area contributed by atoms with Gasteiger partial charge in [-0.15, -0.1) is 0 Å². The van der Waals surface area contributed by atoms with Gasteiger partial charge < -0.3 is 4.74 Å². The van der Waals surface area contributed by atoms with Crippen LogP contribution in [0.2, 0.25) is 0 Å². The summed E-state index contributed by atoms with van der Waals surface area (Å²) in [5, 5.41) is 0. The highest BCUT2D eigenvalue weighted by atomic mass is 19.3. The van der Waals surface area contributed by atoms with Crippen LogP contribution in [-0.2, 0) is 6.11 Å². The third-order valence-electron chi connectivity index (χ3n) is 9.00. The lowest BCUT2D eigenvalue weighted by Gasteiger charge is -2.29. The molecule has 4 aromatic carbocycles. The van der Waals surface area contributed by atoms with Crippen LogP contribution in [0.1, 0.15) is 80.9 Å². The van der Waals surface area contributed by atoms with E-state index in [0.717, 1.165) is 49.8 Å². The molecule has 0 radical (unpaired) electrons. The van der Waals surface area contributed by atoms with Gasteiger partial charge in [-0.2, -0.15) is 17.6 Å². The number of hydrogen-bond donors (Lipinski definition) is 0. The van der Waals surface area contributed by atoms with Crippen molar-refractivity contribution in [1.82, 2.24) is 0 Å². The van der Waals surface area contributed by atoms with Crippen LogP contribution in [0.4, 0.5) is 43.9 Å². The second kappa shape index (κ2) is 15.1. The molecule has 0 aliphatic heterocycles. The predicted molar refractivity (Wildman–Crippen MR) is 167 cm³/mol. The van der Waals surface area contributed by atoms with Crippen LogP contribution in [0.25, 0.3) is 28.3 Å². The number of hydrogen-bond acceptors (Lipinski definition) is 1. The molecule has 0 heterocycles. The Hall–Kier alpha value is -4.28. The second-order valence-corrected chi connectivity index (χ2v) is 12.3. The smallest absolute Gasteiger partial charge is 0.429 e. The van der Waals surface area contributed by atoms with E-state index >= 15 is 22.0 Å². The molecule has 0 N–H and O–H groups in total. The van der Waals surface area contributed by atoms with Crippen molar-refractivity contribution in [3.05, 3.63) is 118 Å². The first kappa shape index (κ1) is 36.0. The van der Waals surface area contributed by atoms with E-state index in [-0.39, 0.29) is 23.1 Å². The van der Waals surface area contributed by atoms with Crippen LogP contribution < -0.4 is 4.74 Å². The molecule has 1 aliphatic rings. The molecule has 0 amide bonds. The second-order valence-electron chi connectivity index (χ2n) is 12.3. The molecule has 260 valence electrons. The molecule has 11 heteroatoms. The zero-order chi connectivity index (χ0) is 35.5. The van der Waals surface area contributed by atoms with E-state index in [0.29, 0.717) is 36.2 Å². The Balaban J connectivity index is 1.31. The van der Waals surface area contributed by atoms with Gasteiger partial charge in [-0.3, -0.25) is 0 Å². The molecule has 0 atom stereocenters. The zero-order valence-electron chi connectivity index (χ0n) is 26.4. The Morgan fingerprint density at radius 2 is 1.24 bits per heavy atom. The lowest BCUT2D eigenvalue weighted by molar-refractivity contribution is -0.189. The molecular formula is C38H32F10O. The van der Waals surface area contributed by atoms with Crippen LogP contribution in [0.5, 0.6) is 5.75 Å². The summed E-state index contributed by atoms with van der Waals surface area (Å²) in [4.78, 5) is 0. The number of unbranched alkanes of at least 4 members (excludes halogenated alkanes) is 2. The summed E-state index contributed by atoms with van der Waals surface area (Å²) >= 11 is 0. The largest absolute Gasteiger partial charge is 0.432 e. The molecule has 0 spiro atoms. The maximum Gasteiger partial charge on any atom is 0.432 e. The zero-order valence-corrected chi connectivity index (χ0v) is 26.4. The average Bonchev–Trinajstić information content (AvgIpc) is 3.02. The van der Waals surface area contributed by atoms with Crippen molar-refractivity contribution >= 4 is 6.08 Å². The third kappa shape index (κ3) is 8.31. The fourth-order valence-corrected chi connectivity index (χ4v) is 6.47. The minimum atomic E-state index is -4.68. The quantitative estimate of drug-likeness (QED) is 0.112. The summed E-state index contributed by atoms with van der Waals surface area (Å²) in [6.45, 7) is 2.16. The van der Waals surface area contributed by atoms with E-state index < -0.39 is 75.1 Å². The fourth-order valence-electron chi connectivity index (χ4n) is 6.47. The summed E-state index contributed by atoms with van der Waals surface area (Å²) in [6, 6.07) is 8.56. The summed E-state index contributed by atoms with van der Waals surface area (Å²) < 4.78 is 148.